The highest BCUT2D eigenvalue weighted by atomic mass is 32.1. The molecule has 0 saturated heterocycles. The lowest BCUT2D eigenvalue weighted by Crippen LogP contribution is -2.32. The van der Waals surface area contributed by atoms with E-state index >= 15 is 0 Å². The number of nitrogens with zero attached hydrogens (tertiary/aromatic N) is 3. The maximum atomic E-state index is 13.3. The summed E-state index contributed by atoms with van der Waals surface area (Å²) >= 11 is 1.43. The van der Waals surface area contributed by atoms with E-state index < -0.39 is 12.0 Å². The van der Waals surface area contributed by atoms with Gasteiger partial charge in [0.05, 0.1) is 11.8 Å². The van der Waals surface area contributed by atoms with Gasteiger partial charge >= 0.3 is 0 Å². The fourth-order valence-corrected chi connectivity index (χ4v) is 3.43. The molecule has 0 amide bonds. The van der Waals surface area contributed by atoms with Crippen LogP contribution in [0.25, 0.3) is 10.8 Å². The molecule has 1 aliphatic rings. The van der Waals surface area contributed by atoms with Crippen LogP contribution in [0.3, 0.4) is 0 Å². The van der Waals surface area contributed by atoms with Gasteiger partial charge in [0.1, 0.15) is 5.82 Å². The van der Waals surface area contributed by atoms with E-state index in [0.29, 0.717) is 35.2 Å². The van der Waals surface area contributed by atoms with E-state index in [4.69, 9.17) is 0 Å². The van der Waals surface area contributed by atoms with Crippen molar-refractivity contribution in [1.82, 2.24) is 15.0 Å². The van der Waals surface area contributed by atoms with Gasteiger partial charge in [0.25, 0.3) is 0 Å². The van der Waals surface area contributed by atoms with Crippen LogP contribution < -0.4 is 5.32 Å². The summed E-state index contributed by atoms with van der Waals surface area (Å²) in [5, 5.41) is 15.7. The fraction of sp³-hybridized carbons (Fsp3) is 0.562. The Bertz CT molecular complexity index is 710. The highest BCUT2D eigenvalue weighted by Crippen LogP contribution is 2.34. The first-order valence-electron chi connectivity index (χ1n) is 7.96. The van der Waals surface area contributed by atoms with Crippen molar-refractivity contribution < 1.29 is 13.9 Å². The van der Waals surface area contributed by atoms with Gasteiger partial charge < -0.3 is 10.4 Å². The van der Waals surface area contributed by atoms with Crippen LogP contribution in [-0.4, -0.2) is 32.0 Å². The van der Waals surface area contributed by atoms with Crippen LogP contribution in [0.15, 0.2) is 11.4 Å². The van der Waals surface area contributed by atoms with E-state index in [1.807, 2.05) is 12.3 Å². The molecule has 130 valence electrons. The molecule has 1 saturated carbocycles. The van der Waals surface area contributed by atoms with Crippen LogP contribution in [0.4, 0.5) is 14.6 Å². The quantitative estimate of drug-likeness (QED) is 0.870. The van der Waals surface area contributed by atoms with Crippen molar-refractivity contribution in [3.63, 3.8) is 0 Å². The number of halogens is 2. The van der Waals surface area contributed by atoms with Crippen LogP contribution in [0, 0.1) is 6.92 Å². The second kappa shape index (κ2) is 6.68. The molecular weight excluding hydrogens is 334 g/mol. The summed E-state index contributed by atoms with van der Waals surface area (Å²) in [6, 6.07) is 1.62. The molecule has 3 rings (SSSR count). The monoisotopic (exact) mass is 354 g/mol. The number of hydrogen-bond acceptors (Lipinski definition) is 6. The summed E-state index contributed by atoms with van der Waals surface area (Å²) < 4.78 is 26.6. The predicted octanol–water partition coefficient (Wildman–Crippen LogP) is 3.95. The van der Waals surface area contributed by atoms with Crippen molar-refractivity contribution in [3.8, 4) is 10.8 Å². The molecular formula is C16H20F2N4OS. The number of thiazole rings is 1. The second-order valence-corrected chi connectivity index (χ2v) is 7.10. The fourth-order valence-electron chi connectivity index (χ4n) is 2.70. The van der Waals surface area contributed by atoms with Gasteiger partial charge in [-0.15, -0.1) is 11.3 Å². The highest BCUT2D eigenvalue weighted by Gasteiger charge is 2.35. The van der Waals surface area contributed by atoms with Crippen LogP contribution in [0.5, 0.6) is 0 Å². The maximum Gasteiger partial charge on any atom is 0.248 e. The largest absolute Gasteiger partial charge is 0.387 e. The number of aryl methyl sites for hydroxylation is 1. The van der Waals surface area contributed by atoms with Crippen LogP contribution in [0.1, 0.15) is 50.1 Å². The standard InChI is InChI=1S/C16H20F2N4OS/c1-9-8-24-15(19-9)14-21-12(10(2)23)7-13(22-14)20-11-3-5-16(17,18)6-4-11/h7-8,10-11,23H,3-6H2,1-2H3,(H,20,21,22). The molecule has 2 N–H and O–H groups in total. The average Bonchev–Trinajstić information content (AvgIpc) is 2.96. The lowest BCUT2D eigenvalue weighted by atomic mass is 9.92. The normalized spacial score (nSPS) is 19.2. The Morgan fingerprint density at radius 3 is 2.58 bits per heavy atom. The lowest BCUT2D eigenvalue weighted by Gasteiger charge is -2.29. The molecule has 0 aliphatic heterocycles. The van der Waals surface area contributed by atoms with E-state index in [2.05, 4.69) is 20.3 Å². The van der Waals surface area contributed by atoms with E-state index in [-0.39, 0.29) is 18.9 Å². The van der Waals surface area contributed by atoms with Crippen molar-refractivity contribution in [2.45, 2.75) is 57.6 Å². The van der Waals surface area contributed by atoms with Crippen molar-refractivity contribution >= 4 is 17.2 Å². The molecule has 1 unspecified atom stereocenters. The third kappa shape index (κ3) is 4.05. The van der Waals surface area contributed by atoms with Crippen molar-refractivity contribution in [2.75, 3.05) is 5.32 Å². The SMILES string of the molecule is Cc1csc(-c2nc(NC3CCC(F)(F)CC3)cc(C(C)O)n2)n1. The molecule has 2 aromatic rings. The van der Waals surface area contributed by atoms with Crippen LogP contribution in [-0.2, 0) is 0 Å². The minimum absolute atomic E-state index is 0.0488. The molecule has 1 aliphatic carbocycles. The number of aromatic nitrogens is 3. The van der Waals surface area contributed by atoms with Gasteiger partial charge in [-0.1, -0.05) is 0 Å². The van der Waals surface area contributed by atoms with E-state index in [9.17, 15) is 13.9 Å². The molecule has 8 heteroatoms. The third-order valence-electron chi connectivity index (χ3n) is 4.05. The zero-order valence-corrected chi connectivity index (χ0v) is 14.4. The topological polar surface area (TPSA) is 70.9 Å². The summed E-state index contributed by atoms with van der Waals surface area (Å²) in [5.41, 5.74) is 1.36. The van der Waals surface area contributed by atoms with E-state index in [1.165, 1.54) is 11.3 Å². The van der Waals surface area contributed by atoms with Crippen LogP contribution in [0.2, 0.25) is 0 Å². The Morgan fingerprint density at radius 1 is 1.29 bits per heavy atom. The summed E-state index contributed by atoms with van der Waals surface area (Å²) in [4.78, 5) is 13.2. The Morgan fingerprint density at radius 2 is 2.00 bits per heavy atom. The molecule has 0 radical (unpaired) electrons. The Balaban J connectivity index is 1.83. The van der Waals surface area contributed by atoms with E-state index in [1.54, 1.807) is 13.0 Å². The highest BCUT2D eigenvalue weighted by molar-refractivity contribution is 7.13. The zero-order chi connectivity index (χ0) is 17.3. The molecule has 24 heavy (non-hydrogen) atoms. The number of rotatable bonds is 4. The van der Waals surface area contributed by atoms with Gasteiger partial charge in [-0.3, -0.25) is 0 Å². The number of anilines is 1. The zero-order valence-electron chi connectivity index (χ0n) is 13.6. The van der Waals surface area contributed by atoms with Gasteiger partial charge in [0.15, 0.2) is 10.8 Å². The van der Waals surface area contributed by atoms with Gasteiger partial charge in [-0.2, -0.15) is 0 Å². The maximum absolute atomic E-state index is 13.3. The number of aliphatic hydroxyl groups excluding tert-OH is 1. The summed E-state index contributed by atoms with van der Waals surface area (Å²) in [7, 11) is 0. The first-order valence-corrected chi connectivity index (χ1v) is 8.84. The number of alkyl halides is 2. The number of aliphatic hydroxyl groups is 1. The minimum Gasteiger partial charge on any atom is -0.387 e. The first kappa shape index (κ1) is 17.2. The molecule has 5 nitrogen and oxygen atoms in total. The summed E-state index contributed by atoms with van der Waals surface area (Å²) in [6.07, 6.45) is -0.182. The van der Waals surface area contributed by atoms with Crippen LogP contribution >= 0.6 is 11.3 Å². The van der Waals surface area contributed by atoms with Gasteiger partial charge in [-0.25, -0.2) is 23.7 Å². The molecule has 1 fully saturated rings. The number of hydrogen-bond donors (Lipinski definition) is 2. The Hall–Kier alpha value is -1.67. The Labute approximate surface area is 143 Å². The van der Waals surface area contributed by atoms with Gasteiger partial charge in [0.2, 0.25) is 5.92 Å². The molecule has 0 spiro atoms. The smallest absolute Gasteiger partial charge is 0.248 e. The molecule has 2 heterocycles. The van der Waals surface area contributed by atoms with Crippen molar-refractivity contribution in [3.05, 3.63) is 22.8 Å². The van der Waals surface area contributed by atoms with Crippen molar-refractivity contribution in [2.24, 2.45) is 0 Å². The predicted molar refractivity (Wildman–Crippen MR) is 89.3 cm³/mol. The summed E-state index contributed by atoms with van der Waals surface area (Å²) in [5.74, 6) is -1.58. The first-order chi connectivity index (χ1) is 11.3. The number of nitrogens with one attached hydrogen (secondary N) is 1. The molecule has 2 aromatic heterocycles. The Kier molecular flexibility index (Phi) is 4.78. The average molecular weight is 354 g/mol. The van der Waals surface area contributed by atoms with Crippen molar-refractivity contribution in [1.29, 1.82) is 0 Å². The second-order valence-electron chi connectivity index (χ2n) is 6.25. The third-order valence-corrected chi connectivity index (χ3v) is 5.01. The van der Waals surface area contributed by atoms with E-state index in [0.717, 1.165) is 5.69 Å². The lowest BCUT2D eigenvalue weighted by molar-refractivity contribution is -0.0361. The van der Waals surface area contributed by atoms with Gasteiger partial charge in [0, 0.05) is 36.0 Å². The summed E-state index contributed by atoms with van der Waals surface area (Å²) in [6.45, 7) is 3.52. The molecule has 1 atom stereocenters. The molecule has 0 bridgehead atoms. The minimum atomic E-state index is -2.56. The van der Waals surface area contributed by atoms with Gasteiger partial charge in [-0.05, 0) is 26.7 Å². The molecule has 0 aromatic carbocycles.